The van der Waals surface area contributed by atoms with Crippen molar-refractivity contribution in [2.24, 2.45) is 5.73 Å². The molecule has 4 nitrogen and oxygen atoms in total. The topological polar surface area (TPSA) is 68.1 Å². The third-order valence-electron chi connectivity index (χ3n) is 2.94. The summed E-state index contributed by atoms with van der Waals surface area (Å²) in [5.74, 6) is 0.666. The maximum absolute atomic E-state index is 11.9. The van der Waals surface area contributed by atoms with Crippen LogP contribution in [0.1, 0.15) is 24.1 Å². The van der Waals surface area contributed by atoms with Crippen molar-refractivity contribution >= 4 is 10.9 Å². The Kier molecular flexibility index (Phi) is 2.90. The molecule has 2 rings (SSSR count). The Morgan fingerprint density at radius 3 is 2.71 bits per heavy atom. The van der Waals surface area contributed by atoms with Crippen LogP contribution in [0, 0.1) is 6.92 Å². The summed E-state index contributed by atoms with van der Waals surface area (Å²) in [5.41, 5.74) is 8.02. The summed E-state index contributed by atoms with van der Waals surface area (Å²) in [5, 5.41) is 0.969. The lowest BCUT2D eigenvalue weighted by Gasteiger charge is -2.11. The quantitative estimate of drug-likeness (QED) is 0.830. The predicted molar refractivity (Wildman–Crippen MR) is 68.5 cm³/mol. The largest absolute Gasteiger partial charge is 0.495 e. The van der Waals surface area contributed by atoms with Gasteiger partial charge in [0.25, 0.3) is 5.56 Å². The Morgan fingerprint density at radius 2 is 2.12 bits per heavy atom. The zero-order valence-corrected chi connectivity index (χ0v) is 10.2. The predicted octanol–water partition coefficient (Wildman–Crippen LogP) is 1.86. The molecule has 1 heterocycles. The minimum atomic E-state index is -0.284. The van der Waals surface area contributed by atoms with E-state index in [0.29, 0.717) is 11.3 Å². The van der Waals surface area contributed by atoms with E-state index in [9.17, 15) is 4.79 Å². The van der Waals surface area contributed by atoms with Gasteiger partial charge in [-0.15, -0.1) is 0 Å². The van der Waals surface area contributed by atoms with E-state index in [2.05, 4.69) is 4.98 Å². The molecule has 1 atom stereocenters. The van der Waals surface area contributed by atoms with Crippen LogP contribution in [0.2, 0.25) is 0 Å². The van der Waals surface area contributed by atoms with Crippen LogP contribution < -0.4 is 16.0 Å². The van der Waals surface area contributed by atoms with Gasteiger partial charge >= 0.3 is 0 Å². The standard InChI is InChI=1S/C13H16N2O2/c1-7-4-5-11(17-3)12-9(7)6-10(8(2)14)13(16)15-12/h4-6,8H,14H2,1-3H3,(H,15,16). The molecule has 0 spiro atoms. The first-order chi connectivity index (χ1) is 8.04. The normalized spacial score (nSPS) is 12.7. The maximum Gasteiger partial charge on any atom is 0.253 e. The summed E-state index contributed by atoms with van der Waals surface area (Å²) >= 11 is 0. The molecule has 17 heavy (non-hydrogen) atoms. The SMILES string of the molecule is COc1ccc(C)c2cc(C(C)N)c(=O)[nH]c12. The van der Waals surface area contributed by atoms with Gasteiger partial charge in [0.1, 0.15) is 5.75 Å². The highest BCUT2D eigenvalue weighted by atomic mass is 16.5. The van der Waals surface area contributed by atoms with Gasteiger partial charge in [-0.05, 0) is 31.5 Å². The fourth-order valence-electron chi connectivity index (χ4n) is 1.93. The lowest BCUT2D eigenvalue weighted by atomic mass is 10.0. The van der Waals surface area contributed by atoms with Crippen LogP contribution in [0.4, 0.5) is 0 Å². The van der Waals surface area contributed by atoms with Gasteiger partial charge in [-0.2, -0.15) is 0 Å². The molecule has 1 unspecified atom stereocenters. The van der Waals surface area contributed by atoms with Gasteiger partial charge in [0.05, 0.1) is 12.6 Å². The van der Waals surface area contributed by atoms with Gasteiger partial charge in [-0.1, -0.05) is 6.07 Å². The fraction of sp³-hybridized carbons (Fsp3) is 0.308. The monoisotopic (exact) mass is 232 g/mol. The summed E-state index contributed by atoms with van der Waals surface area (Å²) in [6.07, 6.45) is 0. The van der Waals surface area contributed by atoms with E-state index in [4.69, 9.17) is 10.5 Å². The first kappa shape index (κ1) is 11.7. The van der Waals surface area contributed by atoms with Crippen LogP contribution in [0.25, 0.3) is 10.9 Å². The Labute approximate surface area is 99.4 Å². The molecule has 0 aliphatic carbocycles. The number of aromatic amines is 1. The molecule has 0 amide bonds. The molecule has 0 aliphatic rings. The van der Waals surface area contributed by atoms with Gasteiger partial charge < -0.3 is 15.5 Å². The molecule has 3 N–H and O–H groups in total. The fourth-order valence-corrected chi connectivity index (χ4v) is 1.93. The number of fused-ring (bicyclic) bond motifs is 1. The van der Waals surface area contributed by atoms with Crippen molar-refractivity contribution in [1.82, 2.24) is 4.98 Å². The van der Waals surface area contributed by atoms with Crippen LogP contribution >= 0.6 is 0 Å². The molecule has 0 radical (unpaired) electrons. The minimum absolute atomic E-state index is 0.156. The van der Waals surface area contributed by atoms with Gasteiger partial charge in [-0.3, -0.25) is 4.79 Å². The zero-order valence-electron chi connectivity index (χ0n) is 10.2. The van der Waals surface area contributed by atoms with Crippen LogP contribution in [0.5, 0.6) is 5.75 Å². The number of pyridine rings is 1. The molecule has 0 saturated carbocycles. The molecular formula is C13H16N2O2. The number of hydrogen-bond acceptors (Lipinski definition) is 3. The summed E-state index contributed by atoms with van der Waals surface area (Å²) in [7, 11) is 1.59. The number of nitrogens with two attached hydrogens (primary N) is 1. The minimum Gasteiger partial charge on any atom is -0.495 e. The third kappa shape index (κ3) is 1.91. The lowest BCUT2D eigenvalue weighted by Crippen LogP contribution is -2.19. The number of rotatable bonds is 2. The van der Waals surface area contributed by atoms with E-state index >= 15 is 0 Å². The number of H-pyrrole nitrogens is 1. The molecule has 4 heteroatoms. The number of nitrogens with one attached hydrogen (secondary N) is 1. The number of aromatic nitrogens is 1. The second-order valence-electron chi connectivity index (χ2n) is 4.22. The van der Waals surface area contributed by atoms with Crippen LogP contribution in [-0.4, -0.2) is 12.1 Å². The highest BCUT2D eigenvalue weighted by molar-refractivity contribution is 5.87. The lowest BCUT2D eigenvalue weighted by molar-refractivity contribution is 0.418. The Hall–Kier alpha value is -1.81. The molecular weight excluding hydrogens is 216 g/mol. The average Bonchev–Trinajstić information content (AvgIpc) is 2.28. The number of aryl methyl sites for hydroxylation is 1. The summed E-state index contributed by atoms with van der Waals surface area (Å²) < 4.78 is 5.24. The smallest absolute Gasteiger partial charge is 0.253 e. The van der Waals surface area contributed by atoms with E-state index in [1.807, 2.05) is 25.1 Å². The van der Waals surface area contributed by atoms with E-state index in [0.717, 1.165) is 16.5 Å². The first-order valence-electron chi connectivity index (χ1n) is 5.50. The number of ether oxygens (including phenoxy) is 1. The molecule has 1 aromatic heterocycles. The van der Waals surface area contributed by atoms with Crippen molar-refractivity contribution in [2.45, 2.75) is 19.9 Å². The highest BCUT2D eigenvalue weighted by Crippen LogP contribution is 2.26. The molecule has 90 valence electrons. The summed E-state index contributed by atoms with van der Waals surface area (Å²) in [6, 6.07) is 5.37. The number of hydrogen-bond donors (Lipinski definition) is 2. The summed E-state index contributed by atoms with van der Waals surface area (Å²) in [6.45, 7) is 3.79. The molecule has 0 bridgehead atoms. The number of methoxy groups -OCH3 is 1. The highest BCUT2D eigenvalue weighted by Gasteiger charge is 2.11. The van der Waals surface area contributed by atoms with Crippen LogP contribution in [-0.2, 0) is 0 Å². The zero-order chi connectivity index (χ0) is 12.6. The third-order valence-corrected chi connectivity index (χ3v) is 2.94. The van der Waals surface area contributed by atoms with Gasteiger partial charge in [-0.25, -0.2) is 0 Å². The molecule has 2 aromatic rings. The Morgan fingerprint density at radius 1 is 1.41 bits per heavy atom. The van der Waals surface area contributed by atoms with Crippen LogP contribution in [0.15, 0.2) is 23.0 Å². The Bertz CT molecular complexity index is 615. The molecule has 0 saturated heterocycles. The summed E-state index contributed by atoms with van der Waals surface area (Å²) in [4.78, 5) is 14.7. The molecule has 0 aliphatic heterocycles. The van der Waals surface area contributed by atoms with E-state index in [1.54, 1.807) is 14.0 Å². The molecule has 0 fully saturated rings. The van der Waals surface area contributed by atoms with Gasteiger partial charge in [0, 0.05) is 17.0 Å². The van der Waals surface area contributed by atoms with Crippen molar-refractivity contribution in [3.63, 3.8) is 0 Å². The van der Waals surface area contributed by atoms with Gasteiger partial charge in [0.15, 0.2) is 0 Å². The van der Waals surface area contributed by atoms with E-state index < -0.39 is 0 Å². The van der Waals surface area contributed by atoms with Crippen molar-refractivity contribution in [3.05, 3.63) is 39.7 Å². The van der Waals surface area contributed by atoms with Gasteiger partial charge in [0.2, 0.25) is 0 Å². The first-order valence-corrected chi connectivity index (χ1v) is 5.50. The average molecular weight is 232 g/mol. The van der Waals surface area contributed by atoms with Crippen molar-refractivity contribution < 1.29 is 4.74 Å². The van der Waals surface area contributed by atoms with E-state index in [-0.39, 0.29) is 11.6 Å². The maximum atomic E-state index is 11.9. The van der Waals surface area contributed by atoms with E-state index in [1.165, 1.54) is 0 Å². The molecule has 1 aromatic carbocycles. The van der Waals surface area contributed by atoms with Crippen molar-refractivity contribution in [1.29, 1.82) is 0 Å². The Balaban J connectivity index is 2.86. The second-order valence-corrected chi connectivity index (χ2v) is 4.22. The van der Waals surface area contributed by atoms with Crippen LogP contribution in [0.3, 0.4) is 0 Å². The van der Waals surface area contributed by atoms with Crippen molar-refractivity contribution in [3.8, 4) is 5.75 Å². The number of benzene rings is 1. The second kappa shape index (κ2) is 4.22. The van der Waals surface area contributed by atoms with Crippen molar-refractivity contribution in [2.75, 3.05) is 7.11 Å².